The van der Waals surface area contributed by atoms with E-state index in [0.717, 1.165) is 34.7 Å². The molecule has 114 valence electrons. The number of aliphatic carboxylic acids is 1. The van der Waals surface area contributed by atoms with Crippen LogP contribution in [-0.4, -0.2) is 39.6 Å². The molecule has 0 saturated heterocycles. The van der Waals surface area contributed by atoms with Crippen LogP contribution >= 0.6 is 11.8 Å². The van der Waals surface area contributed by atoms with E-state index in [4.69, 9.17) is 9.84 Å². The zero-order valence-corrected chi connectivity index (χ0v) is 13.2. The number of hydrogen-bond donors (Lipinski definition) is 1. The number of benzene rings is 1. The van der Waals surface area contributed by atoms with Gasteiger partial charge in [0.2, 0.25) is 0 Å². The second kappa shape index (κ2) is 7.47. The van der Waals surface area contributed by atoms with Crippen LogP contribution in [0.5, 0.6) is 0 Å². The van der Waals surface area contributed by atoms with Crippen LogP contribution in [0.1, 0.15) is 18.9 Å². The minimum atomic E-state index is -0.829. The van der Waals surface area contributed by atoms with Crippen molar-refractivity contribution in [3.63, 3.8) is 0 Å². The van der Waals surface area contributed by atoms with Gasteiger partial charge < -0.3 is 14.4 Å². The van der Waals surface area contributed by atoms with Crippen molar-refractivity contribution in [2.75, 3.05) is 19.0 Å². The van der Waals surface area contributed by atoms with Crippen LogP contribution in [0.2, 0.25) is 0 Å². The van der Waals surface area contributed by atoms with Crippen molar-refractivity contribution in [3.05, 3.63) is 23.8 Å². The summed E-state index contributed by atoms with van der Waals surface area (Å²) in [5.41, 5.74) is 3.11. The maximum atomic E-state index is 10.8. The highest BCUT2D eigenvalue weighted by Crippen LogP contribution is 2.26. The number of aromatic nitrogens is 2. The van der Waals surface area contributed by atoms with Crippen molar-refractivity contribution >= 4 is 28.8 Å². The molecular formula is C15H20N2O3S. The summed E-state index contributed by atoms with van der Waals surface area (Å²) in [5, 5.41) is 9.63. The molecule has 21 heavy (non-hydrogen) atoms. The first kappa shape index (κ1) is 15.9. The molecule has 0 spiro atoms. The first-order chi connectivity index (χ1) is 10.1. The average Bonchev–Trinajstić information content (AvgIpc) is 2.81. The fraction of sp³-hybridized carbons (Fsp3) is 0.467. The number of imidazole rings is 1. The number of nitrogens with zero attached hydrogens (tertiary/aromatic N) is 2. The van der Waals surface area contributed by atoms with Gasteiger partial charge >= 0.3 is 5.97 Å². The fourth-order valence-electron chi connectivity index (χ4n) is 2.19. The molecule has 2 rings (SSSR count). The van der Waals surface area contributed by atoms with Gasteiger partial charge in [0.05, 0.1) is 16.8 Å². The SMILES string of the molecule is CCOCCCn1c(SCC(=O)O)nc2c(C)cccc21. The maximum Gasteiger partial charge on any atom is 0.313 e. The molecule has 6 heteroatoms. The zero-order chi connectivity index (χ0) is 15.2. The van der Waals surface area contributed by atoms with Crippen molar-refractivity contribution in [1.29, 1.82) is 0 Å². The third-order valence-corrected chi connectivity index (χ3v) is 4.11. The molecular weight excluding hydrogens is 288 g/mol. The smallest absolute Gasteiger partial charge is 0.313 e. The Balaban J connectivity index is 2.26. The molecule has 0 unspecified atom stereocenters. The normalized spacial score (nSPS) is 11.1. The number of hydrogen-bond acceptors (Lipinski definition) is 4. The molecule has 2 aromatic rings. The summed E-state index contributed by atoms with van der Waals surface area (Å²) >= 11 is 1.26. The molecule has 0 aliphatic rings. The lowest BCUT2D eigenvalue weighted by molar-refractivity contribution is -0.133. The van der Waals surface area contributed by atoms with Crippen LogP contribution < -0.4 is 0 Å². The standard InChI is InChI=1S/C15H20N2O3S/c1-3-20-9-5-8-17-12-7-4-6-11(2)14(12)16-15(17)21-10-13(18)19/h4,6-7H,3,5,8-10H2,1-2H3,(H,18,19). The van der Waals surface area contributed by atoms with Gasteiger partial charge in [-0.2, -0.15) is 0 Å². The van der Waals surface area contributed by atoms with Gasteiger partial charge in [0.25, 0.3) is 0 Å². The Morgan fingerprint density at radius 3 is 3.00 bits per heavy atom. The number of carbonyl (C=O) groups is 1. The average molecular weight is 308 g/mol. The largest absolute Gasteiger partial charge is 0.481 e. The minimum absolute atomic E-state index is 0.0217. The zero-order valence-electron chi connectivity index (χ0n) is 12.3. The molecule has 0 aliphatic carbocycles. The Morgan fingerprint density at radius 1 is 1.48 bits per heavy atom. The summed E-state index contributed by atoms with van der Waals surface area (Å²) in [4.78, 5) is 15.4. The van der Waals surface area contributed by atoms with E-state index in [9.17, 15) is 4.79 Å². The molecule has 1 aromatic heterocycles. The van der Waals surface area contributed by atoms with Gasteiger partial charge in [-0.1, -0.05) is 23.9 Å². The van der Waals surface area contributed by atoms with E-state index in [1.54, 1.807) is 0 Å². The third kappa shape index (κ3) is 3.98. The van der Waals surface area contributed by atoms with Crippen LogP contribution in [-0.2, 0) is 16.1 Å². The van der Waals surface area contributed by atoms with Crippen LogP contribution in [0.3, 0.4) is 0 Å². The number of para-hydroxylation sites is 1. The van der Waals surface area contributed by atoms with Crippen LogP contribution in [0, 0.1) is 6.92 Å². The molecule has 0 bridgehead atoms. The van der Waals surface area contributed by atoms with E-state index < -0.39 is 5.97 Å². The molecule has 1 heterocycles. The third-order valence-electron chi connectivity index (χ3n) is 3.14. The lowest BCUT2D eigenvalue weighted by Gasteiger charge is -2.08. The number of ether oxygens (including phenoxy) is 1. The highest BCUT2D eigenvalue weighted by Gasteiger charge is 2.13. The lowest BCUT2D eigenvalue weighted by atomic mass is 10.2. The van der Waals surface area contributed by atoms with Gasteiger partial charge in [-0.25, -0.2) is 4.98 Å². The summed E-state index contributed by atoms with van der Waals surface area (Å²) in [6.45, 7) is 6.19. The van der Waals surface area contributed by atoms with Crippen molar-refractivity contribution in [2.45, 2.75) is 32.0 Å². The molecule has 0 fully saturated rings. The van der Waals surface area contributed by atoms with E-state index in [1.165, 1.54) is 11.8 Å². The summed E-state index contributed by atoms with van der Waals surface area (Å²) in [5.74, 6) is -0.807. The molecule has 1 aromatic carbocycles. The lowest BCUT2D eigenvalue weighted by Crippen LogP contribution is -2.06. The van der Waals surface area contributed by atoms with Gasteiger partial charge in [-0.3, -0.25) is 4.79 Å². The number of carboxylic acid groups (broad SMARTS) is 1. The Bertz CT molecular complexity index is 625. The number of thioether (sulfide) groups is 1. The van der Waals surface area contributed by atoms with Crippen molar-refractivity contribution in [3.8, 4) is 0 Å². The quantitative estimate of drug-likeness (QED) is 0.600. The van der Waals surface area contributed by atoms with E-state index >= 15 is 0 Å². The summed E-state index contributed by atoms with van der Waals surface area (Å²) in [7, 11) is 0. The van der Waals surface area contributed by atoms with Crippen molar-refractivity contribution < 1.29 is 14.6 Å². The first-order valence-electron chi connectivity index (χ1n) is 7.01. The molecule has 1 N–H and O–H groups in total. The first-order valence-corrected chi connectivity index (χ1v) is 8.00. The van der Waals surface area contributed by atoms with E-state index in [-0.39, 0.29) is 5.75 Å². The van der Waals surface area contributed by atoms with Crippen LogP contribution in [0.15, 0.2) is 23.4 Å². The number of fused-ring (bicyclic) bond motifs is 1. The van der Waals surface area contributed by atoms with E-state index in [1.807, 2.05) is 32.0 Å². The molecule has 0 atom stereocenters. The van der Waals surface area contributed by atoms with Gasteiger partial charge in [0.1, 0.15) is 0 Å². The van der Waals surface area contributed by atoms with Gasteiger partial charge in [0, 0.05) is 19.8 Å². The van der Waals surface area contributed by atoms with E-state index in [2.05, 4.69) is 9.55 Å². The Hall–Kier alpha value is -1.53. The van der Waals surface area contributed by atoms with E-state index in [0.29, 0.717) is 13.2 Å². The molecule has 0 aliphatic heterocycles. The number of carboxylic acids is 1. The predicted molar refractivity (Wildman–Crippen MR) is 83.9 cm³/mol. The number of aryl methyl sites for hydroxylation is 2. The van der Waals surface area contributed by atoms with Crippen LogP contribution in [0.4, 0.5) is 0 Å². The highest BCUT2D eigenvalue weighted by molar-refractivity contribution is 7.99. The summed E-state index contributed by atoms with van der Waals surface area (Å²) in [6.07, 6.45) is 0.883. The molecule has 0 saturated carbocycles. The maximum absolute atomic E-state index is 10.8. The van der Waals surface area contributed by atoms with Crippen LogP contribution in [0.25, 0.3) is 11.0 Å². The minimum Gasteiger partial charge on any atom is -0.481 e. The second-order valence-corrected chi connectivity index (χ2v) is 5.66. The Morgan fingerprint density at radius 2 is 2.29 bits per heavy atom. The molecule has 0 radical (unpaired) electrons. The Labute approximate surface area is 128 Å². The fourth-order valence-corrected chi connectivity index (χ4v) is 2.94. The monoisotopic (exact) mass is 308 g/mol. The topological polar surface area (TPSA) is 64.3 Å². The highest BCUT2D eigenvalue weighted by atomic mass is 32.2. The Kier molecular flexibility index (Phi) is 5.64. The predicted octanol–water partition coefficient (Wildman–Crippen LogP) is 2.95. The second-order valence-electron chi connectivity index (χ2n) is 4.72. The van der Waals surface area contributed by atoms with Gasteiger partial charge in [-0.05, 0) is 31.9 Å². The van der Waals surface area contributed by atoms with Gasteiger partial charge in [-0.15, -0.1) is 0 Å². The number of rotatable bonds is 8. The molecule has 0 amide bonds. The summed E-state index contributed by atoms with van der Waals surface area (Å²) in [6, 6.07) is 6.05. The van der Waals surface area contributed by atoms with Gasteiger partial charge in [0.15, 0.2) is 5.16 Å². The summed E-state index contributed by atoms with van der Waals surface area (Å²) < 4.78 is 7.46. The molecule has 5 nitrogen and oxygen atoms in total. The van der Waals surface area contributed by atoms with Crippen molar-refractivity contribution in [1.82, 2.24) is 9.55 Å². The van der Waals surface area contributed by atoms with Crippen molar-refractivity contribution in [2.24, 2.45) is 0 Å².